The summed E-state index contributed by atoms with van der Waals surface area (Å²) >= 11 is 0. The molecule has 0 bridgehead atoms. The first kappa shape index (κ1) is 15.9. The Morgan fingerprint density at radius 2 is 2.10 bits per heavy atom. The van der Waals surface area contributed by atoms with Gasteiger partial charge in [-0.2, -0.15) is 0 Å². The second-order valence-electron chi connectivity index (χ2n) is 4.25. The minimum absolute atomic E-state index is 0.233. The van der Waals surface area contributed by atoms with Crippen LogP contribution in [0, 0.1) is 12.3 Å². The van der Waals surface area contributed by atoms with E-state index in [1.54, 1.807) is 14.2 Å². The van der Waals surface area contributed by atoms with Gasteiger partial charge in [-0.3, -0.25) is 4.79 Å². The Morgan fingerprint density at radius 1 is 1.40 bits per heavy atom. The molecule has 0 fully saturated rings. The number of methoxy groups -OCH3 is 2. The molecular weight excluding hydrogens is 256 g/mol. The number of amides is 1. The van der Waals surface area contributed by atoms with Crippen LogP contribution in [0.3, 0.4) is 0 Å². The summed E-state index contributed by atoms with van der Waals surface area (Å²) in [6.45, 7) is 0.493. The number of ether oxygens (including phenoxy) is 2. The van der Waals surface area contributed by atoms with Crippen molar-refractivity contribution in [2.75, 3.05) is 20.8 Å². The molecule has 1 atom stereocenters. The van der Waals surface area contributed by atoms with E-state index in [4.69, 9.17) is 21.6 Å². The van der Waals surface area contributed by atoms with Crippen LogP contribution in [0.4, 0.5) is 0 Å². The smallest absolute Gasteiger partial charge is 0.237 e. The quantitative estimate of drug-likeness (QED) is 0.719. The molecule has 0 aliphatic heterocycles. The molecule has 5 nitrogen and oxygen atoms in total. The molecule has 1 rings (SSSR count). The van der Waals surface area contributed by atoms with Gasteiger partial charge in [-0.15, -0.1) is 12.3 Å². The lowest BCUT2D eigenvalue weighted by Gasteiger charge is -2.11. The van der Waals surface area contributed by atoms with Crippen molar-refractivity contribution in [3.05, 3.63) is 23.8 Å². The van der Waals surface area contributed by atoms with Crippen molar-refractivity contribution in [2.45, 2.75) is 18.9 Å². The normalized spacial score (nSPS) is 11.3. The Labute approximate surface area is 119 Å². The van der Waals surface area contributed by atoms with Gasteiger partial charge in [0.25, 0.3) is 0 Å². The van der Waals surface area contributed by atoms with E-state index in [-0.39, 0.29) is 12.3 Å². The number of nitrogens with one attached hydrogen (secondary N) is 1. The largest absolute Gasteiger partial charge is 0.493 e. The second kappa shape index (κ2) is 8.08. The first-order valence-corrected chi connectivity index (χ1v) is 6.30. The number of carbonyl (C=O) groups is 1. The van der Waals surface area contributed by atoms with Crippen molar-refractivity contribution in [1.29, 1.82) is 0 Å². The van der Waals surface area contributed by atoms with E-state index in [2.05, 4.69) is 11.2 Å². The topological polar surface area (TPSA) is 73.6 Å². The van der Waals surface area contributed by atoms with Crippen LogP contribution in [0.1, 0.15) is 12.0 Å². The molecule has 0 aromatic heterocycles. The van der Waals surface area contributed by atoms with E-state index in [9.17, 15) is 4.79 Å². The zero-order chi connectivity index (χ0) is 15.0. The fourth-order valence-corrected chi connectivity index (χ4v) is 1.72. The molecule has 20 heavy (non-hydrogen) atoms. The average molecular weight is 276 g/mol. The minimum Gasteiger partial charge on any atom is -0.493 e. The third-order valence-electron chi connectivity index (χ3n) is 2.84. The van der Waals surface area contributed by atoms with Crippen LogP contribution in [-0.2, 0) is 11.2 Å². The maximum Gasteiger partial charge on any atom is 0.237 e. The molecule has 3 N–H and O–H groups in total. The predicted molar refractivity (Wildman–Crippen MR) is 77.7 cm³/mol. The van der Waals surface area contributed by atoms with Gasteiger partial charge in [-0.1, -0.05) is 6.07 Å². The monoisotopic (exact) mass is 276 g/mol. The van der Waals surface area contributed by atoms with Gasteiger partial charge < -0.3 is 20.5 Å². The lowest BCUT2D eigenvalue weighted by Crippen LogP contribution is -2.41. The van der Waals surface area contributed by atoms with E-state index in [0.717, 1.165) is 5.56 Å². The van der Waals surface area contributed by atoms with Crippen LogP contribution in [0.2, 0.25) is 0 Å². The first-order valence-electron chi connectivity index (χ1n) is 6.30. The summed E-state index contributed by atoms with van der Waals surface area (Å²) in [5.74, 6) is 3.48. The number of hydrogen-bond donors (Lipinski definition) is 2. The molecular formula is C15H20N2O3. The highest BCUT2D eigenvalue weighted by molar-refractivity contribution is 5.81. The van der Waals surface area contributed by atoms with Crippen LogP contribution < -0.4 is 20.5 Å². The molecule has 0 saturated carbocycles. The van der Waals surface area contributed by atoms with E-state index < -0.39 is 6.04 Å². The van der Waals surface area contributed by atoms with Crippen molar-refractivity contribution in [3.63, 3.8) is 0 Å². The molecule has 1 unspecified atom stereocenters. The highest BCUT2D eigenvalue weighted by atomic mass is 16.5. The standard InChI is InChI=1S/C15H20N2O3/c1-4-5-12(16)15(18)17-9-8-11-6-7-13(19-2)14(10-11)20-3/h1,6-7,10,12H,5,8-9,16H2,2-3H3,(H,17,18). The molecule has 1 aromatic rings. The SMILES string of the molecule is C#CCC(N)C(=O)NCCc1ccc(OC)c(OC)c1. The van der Waals surface area contributed by atoms with Crippen LogP contribution in [0.25, 0.3) is 0 Å². The number of hydrogen-bond acceptors (Lipinski definition) is 4. The van der Waals surface area contributed by atoms with Gasteiger partial charge in [0.1, 0.15) is 0 Å². The lowest BCUT2D eigenvalue weighted by molar-refractivity contribution is -0.122. The number of carbonyl (C=O) groups excluding carboxylic acids is 1. The maximum absolute atomic E-state index is 11.6. The Bertz CT molecular complexity index is 494. The van der Waals surface area contributed by atoms with Gasteiger partial charge in [0.2, 0.25) is 5.91 Å². The molecule has 1 aromatic carbocycles. The van der Waals surface area contributed by atoms with E-state index in [1.165, 1.54) is 0 Å². The van der Waals surface area contributed by atoms with Crippen molar-refractivity contribution >= 4 is 5.91 Å². The molecule has 108 valence electrons. The van der Waals surface area contributed by atoms with Crippen molar-refractivity contribution in [3.8, 4) is 23.8 Å². The van der Waals surface area contributed by atoms with Gasteiger partial charge in [0, 0.05) is 13.0 Å². The summed E-state index contributed by atoms with van der Waals surface area (Å²) in [5.41, 5.74) is 6.64. The van der Waals surface area contributed by atoms with Gasteiger partial charge in [0.05, 0.1) is 20.3 Å². The fraction of sp³-hybridized carbons (Fsp3) is 0.400. The number of benzene rings is 1. The summed E-state index contributed by atoms with van der Waals surface area (Å²) in [6.07, 6.45) is 6.02. The Morgan fingerprint density at radius 3 is 2.70 bits per heavy atom. The van der Waals surface area contributed by atoms with Crippen LogP contribution in [0.15, 0.2) is 18.2 Å². The number of terminal acetylenes is 1. The van der Waals surface area contributed by atoms with Gasteiger partial charge in [-0.25, -0.2) is 0 Å². The van der Waals surface area contributed by atoms with Gasteiger partial charge in [0.15, 0.2) is 11.5 Å². The second-order valence-corrected chi connectivity index (χ2v) is 4.25. The van der Waals surface area contributed by atoms with Crippen molar-refractivity contribution in [2.24, 2.45) is 5.73 Å². The fourth-order valence-electron chi connectivity index (χ4n) is 1.72. The Kier molecular flexibility index (Phi) is 6.41. The third kappa shape index (κ3) is 4.48. The van der Waals surface area contributed by atoms with E-state index in [0.29, 0.717) is 24.5 Å². The number of nitrogens with two attached hydrogens (primary N) is 1. The summed E-state index contributed by atoms with van der Waals surface area (Å²) in [4.78, 5) is 11.6. The predicted octanol–water partition coefficient (Wildman–Crippen LogP) is 0.713. The molecule has 0 aliphatic carbocycles. The van der Waals surface area contributed by atoms with Crippen LogP contribution in [0.5, 0.6) is 11.5 Å². The molecule has 5 heteroatoms. The molecule has 0 spiro atoms. The van der Waals surface area contributed by atoms with Gasteiger partial charge >= 0.3 is 0 Å². The third-order valence-corrected chi connectivity index (χ3v) is 2.84. The van der Waals surface area contributed by atoms with E-state index in [1.807, 2.05) is 18.2 Å². The van der Waals surface area contributed by atoms with E-state index >= 15 is 0 Å². The molecule has 1 amide bonds. The Hall–Kier alpha value is -2.19. The zero-order valence-electron chi connectivity index (χ0n) is 11.8. The molecule has 0 radical (unpaired) electrons. The van der Waals surface area contributed by atoms with Crippen LogP contribution >= 0.6 is 0 Å². The maximum atomic E-state index is 11.6. The van der Waals surface area contributed by atoms with Crippen molar-refractivity contribution < 1.29 is 14.3 Å². The minimum atomic E-state index is -0.648. The summed E-state index contributed by atoms with van der Waals surface area (Å²) in [7, 11) is 3.17. The Balaban J connectivity index is 2.50. The highest BCUT2D eigenvalue weighted by Crippen LogP contribution is 2.27. The highest BCUT2D eigenvalue weighted by Gasteiger charge is 2.11. The number of rotatable bonds is 7. The van der Waals surface area contributed by atoms with Gasteiger partial charge in [-0.05, 0) is 24.1 Å². The van der Waals surface area contributed by atoms with Crippen molar-refractivity contribution in [1.82, 2.24) is 5.32 Å². The molecule has 0 saturated heterocycles. The summed E-state index contributed by atoms with van der Waals surface area (Å²) < 4.78 is 10.4. The average Bonchev–Trinajstić information content (AvgIpc) is 2.47. The molecule has 0 heterocycles. The first-order chi connectivity index (χ1) is 9.62. The summed E-state index contributed by atoms with van der Waals surface area (Å²) in [6, 6.07) is 4.99. The van der Waals surface area contributed by atoms with Crippen LogP contribution in [-0.4, -0.2) is 32.7 Å². The zero-order valence-corrected chi connectivity index (χ0v) is 11.8. The molecule has 0 aliphatic rings. The lowest BCUT2D eigenvalue weighted by atomic mass is 10.1. The summed E-state index contributed by atoms with van der Waals surface area (Å²) in [5, 5.41) is 2.75.